The quantitative estimate of drug-likeness (QED) is 0.749. The van der Waals surface area contributed by atoms with E-state index in [0.717, 1.165) is 23.1 Å². The van der Waals surface area contributed by atoms with Gasteiger partial charge in [0.15, 0.2) is 5.65 Å². The second-order valence-corrected chi connectivity index (χ2v) is 4.81. The summed E-state index contributed by atoms with van der Waals surface area (Å²) >= 11 is 0. The summed E-state index contributed by atoms with van der Waals surface area (Å²) in [6.45, 7) is 6.64. The first-order valence-electron chi connectivity index (χ1n) is 4.84. The topological polar surface area (TPSA) is 41.6 Å². The van der Waals surface area contributed by atoms with Crippen LogP contribution < -0.4 is 0 Å². The minimum Gasteiger partial charge on any atom is -0.261 e. The van der Waals surface area contributed by atoms with Gasteiger partial charge in [-0.1, -0.05) is 20.8 Å². The zero-order chi connectivity index (χ0) is 10.2. The lowest BCUT2D eigenvalue weighted by atomic mass is 9.90. The number of pyridine rings is 1. The van der Waals surface area contributed by atoms with Crippen molar-refractivity contribution >= 4 is 11.0 Å². The molecule has 0 bridgehead atoms. The SMILES string of the molecule is CC(C)(C)Cc1n[nH]c2ncccc12. The highest BCUT2D eigenvalue weighted by Gasteiger charge is 2.15. The van der Waals surface area contributed by atoms with Crippen molar-refractivity contribution < 1.29 is 0 Å². The van der Waals surface area contributed by atoms with Gasteiger partial charge in [-0.25, -0.2) is 4.98 Å². The Morgan fingerprint density at radius 1 is 1.36 bits per heavy atom. The molecular weight excluding hydrogens is 174 g/mol. The molecule has 0 saturated carbocycles. The molecule has 2 rings (SSSR count). The summed E-state index contributed by atoms with van der Waals surface area (Å²) in [7, 11) is 0. The maximum atomic E-state index is 4.29. The fourth-order valence-corrected chi connectivity index (χ4v) is 1.55. The first-order chi connectivity index (χ1) is 6.56. The molecule has 0 fully saturated rings. The molecule has 0 atom stereocenters. The lowest BCUT2D eigenvalue weighted by molar-refractivity contribution is 0.407. The normalized spacial score (nSPS) is 12.2. The average Bonchev–Trinajstić information content (AvgIpc) is 2.47. The second kappa shape index (κ2) is 3.08. The number of fused-ring (bicyclic) bond motifs is 1. The number of H-pyrrole nitrogens is 1. The Balaban J connectivity index is 2.44. The molecule has 2 heterocycles. The highest BCUT2D eigenvalue weighted by atomic mass is 15.1. The predicted molar refractivity (Wildman–Crippen MR) is 57.0 cm³/mol. The van der Waals surface area contributed by atoms with Crippen LogP contribution >= 0.6 is 0 Å². The molecule has 2 aromatic heterocycles. The van der Waals surface area contributed by atoms with Crippen molar-refractivity contribution in [2.45, 2.75) is 27.2 Å². The third-order valence-electron chi connectivity index (χ3n) is 2.11. The summed E-state index contributed by atoms with van der Waals surface area (Å²) in [6.07, 6.45) is 2.75. The Bertz CT molecular complexity index is 437. The van der Waals surface area contributed by atoms with Gasteiger partial charge >= 0.3 is 0 Å². The van der Waals surface area contributed by atoms with Gasteiger partial charge in [0.2, 0.25) is 0 Å². The number of nitrogens with zero attached hydrogens (tertiary/aromatic N) is 2. The number of nitrogens with one attached hydrogen (secondary N) is 1. The Morgan fingerprint density at radius 2 is 2.14 bits per heavy atom. The molecule has 0 amide bonds. The minimum absolute atomic E-state index is 0.262. The molecule has 74 valence electrons. The third-order valence-corrected chi connectivity index (χ3v) is 2.11. The predicted octanol–water partition coefficient (Wildman–Crippen LogP) is 2.55. The minimum atomic E-state index is 0.262. The number of hydrogen-bond donors (Lipinski definition) is 1. The number of hydrogen-bond acceptors (Lipinski definition) is 2. The van der Waals surface area contributed by atoms with Gasteiger partial charge in [0, 0.05) is 11.6 Å². The lowest BCUT2D eigenvalue weighted by Crippen LogP contribution is -2.09. The van der Waals surface area contributed by atoms with Gasteiger partial charge in [-0.2, -0.15) is 5.10 Å². The molecular formula is C11H15N3. The first kappa shape index (κ1) is 9.19. The standard InChI is InChI=1S/C11H15N3/c1-11(2,3)7-9-8-5-4-6-12-10(8)14-13-9/h4-6H,7H2,1-3H3,(H,12,13,14). The van der Waals surface area contributed by atoms with Crippen LogP contribution in [0, 0.1) is 5.41 Å². The van der Waals surface area contributed by atoms with Crippen molar-refractivity contribution in [3.05, 3.63) is 24.0 Å². The molecule has 0 spiro atoms. The second-order valence-electron chi connectivity index (χ2n) is 4.81. The lowest BCUT2D eigenvalue weighted by Gasteiger charge is -2.15. The van der Waals surface area contributed by atoms with Gasteiger partial charge in [0.1, 0.15) is 0 Å². The Kier molecular flexibility index (Phi) is 2.02. The van der Waals surface area contributed by atoms with E-state index >= 15 is 0 Å². The van der Waals surface area contributed by atoms with E-state index in [1.807, 2.05) is 6.07 Å². The maximum Gasteiger partial charge on any atom is 0.155 e. The molecule has 0 aliphatic heterocycles. The van der Waals surface area contributed by atoms with E-state index in [-0.39, 0.29) is 5.41 Å². The van der Waals surface area contributed by atoms with Gasteiger partial charge in [0.25, 0.3) is 0 Å². The smallest absolute Gasteiger partial charge is 0.155 e. The van der Waals surface area contributed by atoms with Crippen LogP contribution in [0.15, 0.2) is 18.3 Å². The van der Waals surface area contributed by atoms with E-state index in [0.29, 0.717) is 0 Å². The highest BCUT2D eigenvalue weighted by Crippen LogP contribution is 2.23. The van der Waals surface area contributed by atoms with Crippen molar-refractivity contribution in [1.82, 2.24) is 15.2 Å². The van der Waals surface area contributed by atoms with Crippen LogP contribution in [0.4, 0.5) is 0 Å². The molecule has 0 aliphatic carbocycles. The van der Waals surface area contributed by atoms with E-state index in [2.05, 4.69) is 42.0 Å². The van der Waals surface area contributed by atoms with Gasteiger partial charge in [-0.3, -0.25) is 5.10 Å². The van der Waals surface area contributed by atoms with Crippen molar-refractivity contribution in [3.63, 3.8) is 0 Å². The molecule has 0 radical (unpaired) electrons. The van der Waals surface area contributed by atoms with Gasteiger partial charge in [-0.05, 0) is 24.0 Å². The molecule has 2 aromatic rings. The zero-order valence-electron chi connectivity index (χ0n) is 8.83. The van der Waals surface area contributed by atoms with Gasteiger partial charge < -0.3 is 0 Å². The van der Waals surface area contributed by atoms with Gasteiger partial charge in [-0.15, -0.1) is 0 Å². The highest BCUT2D eigenvalue weighted by molar-refractivity contribution is 5.77. The number of aromatic amines is 1. The van der Waals surface area contributed by atoms with Crippen LogP contribution in [0.2, 0.25) is 0 Å². The summed E-state index contributed by atoms with van der Waals surface area (Å²) in [5, 5.41) is 8.38. The monoisotopic (exact) mass is 189 g/mol. The van der Waals surface area contributed by atoms with E-state index in [9.17, 15) is 0 Å². The van der Waals surface area contributed by atoms with Crippen molar-refractivity contribution in [1.29, 1.82) is 0 Å². The first-order valence-corrected chi connectivity index (χ1v) is 4.84. The maximum absolute atomic E-state index is 4.29. The van der Waals surface area contributed by atoms with Crippen LogP contribution in [0.25, 0.3) is 11.0 Å². The van der Waals surface area contributed by atoms with Crippen molar-refractivity contribution in [2.75, 3.05) is 0 Å². The molecule has 14 heavy (non-hydrogen) atoms. The molecule has 0 aliphatic rings. The third kappa shape index (κ3) is 1.76. The van der Waals surface area contributed by atoms with E-state index in [1.54, 1.807) is 6.20 Å². The van der Waals surface area contributed by atoms with E-state index < -0.39 is 0 Å². The van der Waals surface area contributed by atoms with Gasteiger partial charge in [0.05, 0.1) is 5.69 Å². The number of aromatic nitrogens is 3. The van der Waals surface area contributed by atoms with E-state index in [1.165, 1.54) is 0 Å². The Labute approximate surface area is 83.6 Å². The Morgan fingerprint density at radius 3 is 2.86 bits per heavy atom. The summed E-state index contributed by atoms with van der Waals surface area (Å²) in [5.74, 6) is 0. The average molecular weight is 189 g/mol. The molecule has 0 aromatic carbocycles. The molecule has 3 heteroatoms. The van der Waals surface area contributed by atoms with Crippen LogP contribution in [-0.2, 0) is 6.42 Å². The summed E-state index contributed by atoms with van der Waals surface area (Å²) in [6, 6.07) is 4.01. The molecule has 1 N–H and O–H groups in total. The van der Waals surface area contributed by atoms with E-state index in [4.69, 9.17) is 0 Å². The molecule has 0 unspecified atom stereocenters. The summed E-state index contributed by atoms with van der Waals surface area (Å²) in [4.78, 5) is 4.21. The van der Waals surface area contributed by atoms with Crippen molar-refractivity contribution in [2.24, 2.45) is 5.41 Å². The zero-order valence-corrected chi connectivity index (χ0v) is 8.83. The Hall–Kier alpha value is -1.38. The largest absolute Gasteiger partial charge is 0.261 e. The van der Waals surface area contributed by atoms with Crippen LogP contribution in [0.5, 0.6) is 0 Å². The van der Waals surface area contributed by atoms with Crippen LogP contribution in [0.1, 0.15) is 26.5 Å². The fourth-order valence-electron chi connectivity index (χ4n) is 1.55. The fraction of sp³-hybridized carbons (Fsp3) is 0.455. The molecule has 0 saturated heterocycles. The van der Waals surface area contributed by atoms with Crippen LogP contribution in [-0.4, -0.2) is 15.2 Å². The summed E-state index contributed by atoms with van der Waals surface area (Å²) in [5.41, 5.74) is 2.25. The van der Waals surface area contributed by atoms with Crippen molar-refractivity contribution in [3.8, 4) is 0 Å². The van der Waals surface area contributed by atoms with Crippen LogP contribution in [0.3, 0.4) is 0 Å². The number of rotatable bonds is 1. The molecule has 3 nitrogen and oxygen atoms in total. The summed E-state index contributed by atoms with van der Waals surface area (Å²) < 4.78 is 0.